The maximum atomic E-state index is 9.96. The van der Waals surface area contributed by atoms with Gasteiger partial charge in [-0.25, -0.2) is 0 Å². The van der Waals surface area contributed by atoms with Gasteiger partial charge in [0.1, 0.15) is 0 Å². The summed E-state index contributed by atoms with van der Waals surface area (Å²) in [5.74, 6) is 0. The molecule has 2 atom stereocenters. The van der Waals surface area contributed by atoms with Crippen LogP contribution in [0.25, 0.3) is 0 Å². The first-order valence-corrected chi connectivity index (χ1v) is 5.09. The van der Waals surface area contributed by atoms with Crippen molar-refractivity contribution < 1.29 is 10.2 Å². The molecule has 3 heteroatoms. The molecule has 4 N–H and O–H groups in total. The number of nitrogens with two attached hydrogens (primary N) is 1. The number of aliphatic hydroxyl groups excluding tert-OH is 2. The number of rotatable bonds is 3. The molecule has 1 aromatic rings. The minimum absolute atomic E-state index is 0.214. The molecule has 2 unspecified atom stereocenters. The van der Waals surface area contributed by atoms with Crippen molar-refractivity contribution in [2.45, 2.75) is 32.9 Å². The van der Waals surface area contributed by atoms with Crippen molar-refractivity contribution in [3.05, 3.63) is 34.4 Å². The molecule has 0 aliphatic carbocycles. The number of hydrogen-bond donors (Lipinski definition) is 3. The lowest BCUT2D eigenvalue weighted by Gasteiger charge is -2.21. The van der Waals surface area contributed by atoms with Crippen LogP contribution in [0.15, 0.2) is 12.1 Å². The van der Waals surface area contributed by atoms with Crippen molar-refractivity contribution in [3.8, 4) is 0 Å². The van der Waals surface area contributed by atoms with E-state index in [1.165, 1.54) is 5.56 Å². The van der Waals surface area contributed by atoms with Crippen molar-refractivity contribution in [2.75, 3.05) is 6.61 Å². The van der Waals surface area contributed by atoms with Gasteiger partial charge in [-0.15, -0.1) is 0 Å². The standard InChI is InChI=1S/C12H19NO2/c1-7-4-8(2)11(9(3)5-7)12(15)10(13)6-14/h4-5,10,12,14-15H,6,13H2,1-3H3. The fourth-order valence-corrected chi connectivity index (χ4v) is 1.97. The molecule has 0 fully saturated rings. The molecular weight excluding hydrogens is 190 g/mol. The Bertz CT molecular complexity index is 326. The molecule has 0 radical (unpaired) electrons. The lowest BCUT2D eigenvalue weighted by molar-refractivity contribution is 0.108. The largest absolute Gasteiger partial charge is 0.395 e. The summed E-state index contributed by atoms with van der Waals surface area (Å²) in [5, 5.41) is 18.9. The molecule has 0 aliphatic rings. The Balaban J connectivity index is 3.13. The number of hydrogen-bond acceptors (Lipinski definition) is 3. The molecule has 0 bridgehead atoms. The van der Waals surface area contributed by atoms with E-state index in [1.54, 1.807) is 0 Å². The molecule has 0 spiro atoms. The van der Waals surface area contributed by atoms with Crippen molar-refractivity contribution in [1.29, 1.82) is 0 Å². The van der Waals surface area contributed by atoms with Crippen molar-refractivity contribution in [2.24, 2.45) is 5.73 Å². The van der Waals surface area contributed by atoms with Gasteiger partial charge in [-0.1, -0.05) is 17.7 Å². The molecule has 0 aliphatic heterocycles. The Morgan fingerprint density at radius 2 is 1.67 bits per heavy atom. The molecule has 1 rings (SSSR count). The summed E-state index contributed by atoms with van der Waals surface area (Å²) < 4.78 is 0. The summed E-state index contributed by atoms with van der Waals surface area (Å²) in [7, 11) is 0. The molecule has 84 valence electrons. The van der Waals surface area contributed by atoms with Gasteiger partial charge in [-0.05, 0) is 37.5 Å². The van der Waals surface area contributed by atoms with Crippen LogP contribution >= 0.6 is 0 Å². The zero-order valence-electron chi connectivity index (χ0n) is 9.49. The quantitative estimate of drug-likeness (QED) is 0.694. The number of aryl methyl sites for hydroxylation is 3. The van der Waals surface area contributed by atoms with Crippen LogP contribution in [0.2, 0.25) is 0 Å². The van der Waals surface area contributed by atoms with Crippen molar-refractivity contribution in [3.63, 3.8) is 0 Å². The Morgan fingerprint density at radius 1 is 1.20 bits per heavy atom. The summed E-state index contributed by atoms with van der Waals surface area (Å²) in [4.78, 5) is 0. The third kappa shape index (κ3) is 2.56. The first-order chi connectivity index (χ1) is 6.97. The van der Waals surface area contributed by atoms with Crippen molar-refractivity contribution >= 4 is 0 Å². The topological polar surface area (TPSA) is 66.5 Å². The van der Waals surface area contributed by atoms with Gasteiger partial charge in [0.2, 0.25) is 0 Å². The predicted molar refractivity (Wildman–Crippen MR) is 60.7 cm³/mol. The minimum Gasteiger partial charge on any atom is -0.395 e. The van der Waals surface area contributed by atoms with E-state index in [4.69, 9.17) is 10.8 Å². The Labute approximate surface area is 90.5 Å². The van der Waals surface area contributed by atoms with Crippen LogP contribution < -0.4 is 5.73 Å². The maximum Gasteiger partial charge on any atom is 0.0968 e. The molecule has 0 amide bonds. The molecule has 0 aromatic heterocycles. The predicted octanol–water partition coefficient (Wildman–Crippen LogP) is 0.965. The third-order valence-electron chi connectivity index (χ3n) is 2.65. The highest BCUT2D eigenvalue weighted by molar-refractivity contribution is 5.39. The smallest absolute Gasteiger partial charge is 0.0968 e. The van der Waals surface area contributed by atoms with Crippen LogP contribution in [-0.4, -0.2) is 22.9 Å². The van der Waals surface area contributed by atoms with E-state index in [2.05, 4.69) is 0 Å². The van der Waals surface area contributed by atoms with E-state index in [0.717, 1.165) is 16.7 Å². The fraction of sp³-hybridized carbons (Fsp3) is 0.500. The summed E-state index contributed by atoms with van der Waals surface area (Å²) in [6.45, 7) is 5.70. The monoisotopic (exact) mass is 209 g/mol. The zero-order valence-corrected chi connectivity index (χ0v) is 9.49. The van der Waals surface area contributed by atoms with E-state index in [1.807, 2.05) is 32.9 Å². The average molecular weight is 209 g/mol. The van der Waals surface area contributed by atoms with Gasteiger partial charge < -0.3 is 15.9 Å². The van der Waals surface area contributed by atoms with E-state index in [-0.39, 0.29) is 6.61 Å². The number of benzene rings is 1. The molecular formula is C12H19NO2. The molecule has 1 aromatic carbocycles. The fourth-order valence-electron chi connectivity index (χ4n) is 1.97. The Kier molecular flexibility index (Phi) is 3.85. The second kappa shape index (κ2) is 4.75. The highest BCUT2D eigenvalue weighted by Gasteiger charge is 2.19. The minimum atomic E-state index is -0.796. The summed E-state index contributed by atoms with van der Waals surface area (Å²) in [6.07, 6.45) is -0.796. The van der Waals surface area contributed by atoms with E-state index in [9.17, 15) is 5.11 Å². The average Bonchev–Trinajstić information content (AvgIpc) is 2.14. The van der Waals surface area contributed by atoms with Crippen LogP contribution in [0.3, 0.4) is 0 Å². The normalized spacial score (nSPS) is 15.1. The molecule has 0 saturated heterocycles. The van der Waals surface area contributed by atoms with E-state index >= 15 is 0 Å². The van der Waals surface area contributed by atoms with Gasteiger partial charge in [0, 0.05) is 0 Å². The van der Waals surface area contributed by atoms with Gasteiger partial charge in [0.15, 0.2) is 0 Å². The van der Waals surface area contributed by atoms with Crippen LogP contribution in [0, 0.1) is 20.8 Å². The lowest BCUT2D eigenvalue weighted by atomic mass is 9.92. The highest BCUT2D eigenvalue weighted by Crippen LogP contribution is 2.24. The highest BCUT2D eigenvalue weighted by atomic mass is 16.3. The first kappa shape index (κ1) is 12.2. The van der Waals surface area contributed by atoms with Crippen LogP contribution in [0.4, 0.5) is 0 Å². The summed E-state index contributed by atoms with van der Waals surface area (Å²) >= 11 is 0. The number of aliphatic hydroxyl groups is 2. The van der Waals surface area contributed by atoms with Crippen LogP contribution in [-0.2, 0) is 0 Å². The van der Waals surface area contributed by atoms with E-state index < -0.39 is 12.1 Å². The molecule has 15 heavy (non-hydrogen) atoms. The van der Waals surface area contributed by atoms with Crippen LogP contribution in [0.5, 0.6) is 0 Å². The maximum absolute atomic E-state index is 9.96. The van der Waals surface area contributed by atoms with Crippen molar-refractivity contribution in [1.82, 2.24) is 0 Å². The van der Waals surface area contributed by atoms with Gasteiger partial charge in [0.05, 0.1) is 18.8 Å². The van der Waals surface area contributed by atoms with Crippen LogP contribution in [0.1, 0.15) is 28.4 Å². The summed E-state index contributed by atoms with van der Waals surface area (Å²) in [5.41, 5.74) is 9.66. The first-order valence-electron chi connectivity index (χ1n) is 5.09. The van der Waals surface area contributed by atoms with Gasteiger partial charge in [-0.3, -0.25) is 0 Å². The molecule has 3 nitrogen and oxygen atoms in total. The second-order valence-corrected chi connectivity index (χ2v) is 4.10. The lowest BCUT2D eigenvalue weighted by Crippen LogP contribution is -2.32. The SMILES string of the molecule is Cc1cc(C)c(C(O)C(N)CO)c(C)c1. The van der Waals surface area contributed by atoms with Gasteiger partial charge in [-0.2, -0.15) is 0 Å². The molecule has 0 heterocycles. The molecule has 0 saturated carbocycles. The van der Waals surface area contributed by atoms with Gasteiger partial charge in [0.25, 0.3) is 0 Å². The van der Waals surface area contributed by atoms with E-state index in [0.29, 0.717) is 0 Å². The Hall–Kier alpha value is -0.900. The summed E-state index contributed by atoms with van der Waals surface area (Å²) in [6, 6.07) is 3.40. The Morgan fingerprint density at radius 3 is 2.07 bits per heavy atom. The third-order valence-corrected chi connectivity index (χ3v) is 2.65. The van der Waals surface area contributed by atoms with Gasteiger partial charge >= 0.3 is 0 Å². The zero-order chi connectivity index (χ0) is 11.6. The second-order valence-electron chi connectivity index (χ2n) is 4.10.